The zero-order valence-electron chi connectivity index (χ0n) is 18.6. The maximum Gasteiger partial charge on any atom is -1.00 e. The second-order valence-corrected chi connectivity index (χ2v) is 12.6. The van der Waals surface area contributed by atoms with Crippen molar-refractivity contribution in [2.75, 3.05) is 0 Å². The van der Waals surface area contributed by atoms with E-state index in [4.69, 9.17) is 0 Å². The fourth-order valence-electron chi connectivity index (χ4n) is 5.26. The maximum atomic E-state index is 2.50. The second-order valence-electron chi connectivity index (χ2n) is 8.49. The summed E-state index contributed by atoms with van der Waals surface area (Å²) >= 11 is -2.02. The van der Waals surface area contributed by atoms with Crippen molar-refractivity contribution in [3.8, 4) is 0 Å². The molecule has 4 aromatic rings. The third-order valence-corrected chi connectivity index (χ3v) is 12.2. The van der Waals surface area contributed by atoms with Gasteiger partial charge in [0.15, 0.2) is 0 Å². The Morgan fingerprint density at radius 3 is 1.29 bits per heavy atom. The predicted octanol–water partition coefficient (Wildman–Crippen LogP) is 1.42. The first kappa shape index (κ1) is 24.6. The molecule has 2 unspecified atom stereocenters. The third-order valence-electron chi connectivity index (χ3n) is 6.68. The molecule has 0 heterocycles. The fraction of sp³-hybridized carbons (Fsp3) is 0.0645. The SMILES string of the molecule is C1=C[CH]([Ti+2](=[C](c2ccccc2)c2ccccc2)[CH]2C=Cc3ccccc32)c2ccccc21.[Cl-].[Cl-]. The number of halogens is 2. The Morgan fingerprint density at radius 2 is 0.853 bits per heavy atom. The molecule has 34 heavy (non-hydrogen) atoms. The van der Waals surface area contributed by atoms with Crippen LogP contribution in [0.1, 0.15) is 41.8 Å². The van der Waals surface area contributed by atoms with E-state index in [2.05, 4.69) is 133 Å². The minimum atomic E-state index is -2.02. The Kier molecular flexibility index (Phi) is 7.86. The molecule has 166 valence electrons. The van der Waals surface area contributed by atoms with E-state index < -0.39 is 17.4 Å². The molecule has 0 amide bonds. The molecular weight excluding hydrogens is 491 g/mol. The average molecular weight is 515 g/mol. The number of rotatable bonds is 4. The molecule has 0 nitrogen and oxygen atoms in total. The fourth-order valence-corrected chi connectivity index (χ4v) is 11.2. The molecule has 0 spiro atoms. The number of benzene rings is 4. The Balaban J connectivity index is 0.00000137. The van der Waals surface area contributed by atoms with Crippen molar-refractivity contribution in [2.45, 2.75) is 8.45 Å². The van der Waals surface area contributed by atoms with Crippen molar-refractivity contribution in [1.29, 1.82) is 0 Å². The first-order chi connectivity index (χ1) is 15.9. The molecule has 2 atom stereocenters. The van der Waals surface area contributed by atoms with Crippen LogP contribution in [-0.2, 0) is 17.4 Å². The Hall–Kier alpha value is -2.48. The molecule has 3 heteroatoms. The van der Waals surface area contributed by atoms with Gasteiger partial charge in [-0.15, -0.1) is 0 Å². The first-order valence-electron chi connectivity index (χ1n) is 11.3. The Morgan fingerprint density at radius 1 is 0.471 bits per heavy atom. The van der Waals surface area contributed by atoms with Gasteiger partial charge in [-0.2, -0.15) is 0 Å². The van der Waals surface area contributed by atoms with Crippen molar-refractivity contribution < 1.29 is 42.2 Å². The minimum Gasteiger partial charge on any atom is -1.00 e. The van der Waals surface area contributed by atoms with E-state index in [-0.39, 0.29) is 24.8 Å². The topological polar surface area (TPSA) is 0 Å². The molecule has 2 aliphatic carbocycles. The molecule has 0 N–H and O–H groups in total. The van der Waals surface area contributed by atoms with Gasteiger partial charge in [0.2, 0.25) is 0 Å². The number of fused-ring (bicyclic) bond motifs is 2. The first-order valence-corrected chi connectivity index (χ1v) is 13.9. The van der Waals surface area contributed by atoms with Gasteiger partial charge < -0.3 is 24.8 Å². The van der Waals surface area contributed by atoms with E-state index in [1.165, 1.54) is 33.4 Å². The molecule has 0 bridgehead atoms. The monoisotopic (exact) mass is 514 g/mol. The van der Waals surface area contributed by atoms with E-state index in [9.17, 15) is 0 Å². The van der Waals surface area contributed by atoms with E-state index in [0.29, 0.717) is 8.45 Å². The molecule has 0 aromatic heterocycles. The summed E-state index contributed by atoms with van der Waals surface area (Å²) in [5, 5.41) is 0. The number of allylic oxidation sites excluding steroid dienone is 2. The zero-order chi connectivity index (χ0) is 21.3. The molecule has 0 fully saturated rings. The molecular formula is C31H24Cl2Ti. The summed E-state index contributed by atoms with van der Waals surface area (Å²) in [6.45, 7) is 0. The van der Waals surface area contributed by atoms with Gasteiger partial charge in [0.25, 0.3) is 0 Å². The van der Waals surface area contributed by atoms with Crippen LogP contribution in [-0.4, -0.2) is 3.81 Å². The van der Waals surface area contributed by atoms with Crippen LogP contribution >= 0.6 is 0 Å². The summed E-state index contributed by atoms with van der Waals surface area (Å²) in [7, 11) is 0. The maximum absolute atomic E-state index is 2.50. The molecule has 0 aliphatic heterocycles. The van der Waals surface area contributed by atoms with Crippen molar-refractivity contribution in [1.82, 2.24) is 0 Å². The van der Waals surface area contributed by atoms with Crippen LogP contribution in [0, 0.1) is 0 Å². The molecule has 0 saturated heterocycles. The summed E-state index contributed by atoms with van der Waals surface area (Å²) in [6.07, 6.45) is 9.71. The van der Waals surface area contributed by atoms with E-state index >= 15 is 0 Å². The number of hydrogen-bond acceptors (Lipinski definition) is 0. The van der Waals surface area contributed by atoms with Gasteiger partial charge in [-0.05, 0) is 0 Å². The summed E-state index contributed by atoms with van der Waals surface area (Å²) in [5.74, 6) is 0. The smallest absolute Gasteiger partial charge is 1.00 e. The van der Waals surface area contributed by atoms with Gasteiger partial charge in [-0.1, -0.05) is 0 Å². The van der Waals surface area contributed by atoms with E-state index in [0.717, 1.165) is 0 Å². The molecule has 2 aliphatic rings. The predicted molar refractivity (Wildman–Crippen MR) is 133 cm³/mol. The summed E-state index contributed by atoms with van der Waals surface area (Å²) in [5.41, 5.74) is 8.54. The third kappa shape index (κ3) is 4.44. The average Bonchev–Trinajstić information content (AvgIpc) is 3.48. The molecule has 0 radical (unpaired) electrons. The van der Waals surface area contributed by atoms with Crippen LogP contribution < -0.4 is 24.8 Å². The largest absolute Gasteiger partial charge is 1.00 e. The Labute approximate surface area is 220 Å². The van der Waals surface area contributed by atoms with E-state index in [1.54, 1.807) is 3.81 Å². The van der Waals surface area contributed by atoms with Crippen LogP contribution in [0.2, 0.25) is 0 Å². The van der Waals surface area contributed by atoms with Gasteiger partial charge >= 0.3 is 197 Å². The van der Waals surface area contributed by atoms with Crippen LogP contribution in [0.25, 0.3) is 12.2 Å². The Bertz CT molecular complexity index is 1270. The van der Waals surface area contributed by atoms with Crippen molar-refractivity contribution in [2.24, 2.45) is 0 Å². The normalized spacial score (nSPS) is 16.4. The summed E-state index contributed by atoms with van der Waals surface area (Å²) in [6, 6.07) is 40.2. The van der Waals surface area contributed by atoms with Gasteiger partial charge in [0, 0.05) is 0 Å². The van der Waals surface area contributed by atoms with Crippen molar-refractivity contribution in [3.63, 3.8) is 0 Å². The quantitative estimate of drug-likeness (QED) is 0.361. The second kappa shape index (κ2) is 10.8. The zero-order valence-corrected chi connectivity index (χ0v) is 21.7. The molecule has 4 aromatic carbocycles. The van der Waals surface area contributed by atoms with Crippen molar-refractivity contribution >= 4 is 16.0 Å². The van der Waals surface area contributed by atoms with Crippen LogP contribution in [0.3, 0.4) is 0 Å². The molecule has 0 saturated carbocycles. The minimum absolute atomic E-state index is 0. The van der Waals surface area contributed by atoms with E-state index in [1.807, 2.05) is 0 Å². The molecule has 6 rings (SSSR count). The summed E-state index contributed by atoms with van der Waals surface area (Å²) < 4.78 is 2.56. The van der Waals surface area contributed by atoms with Crippen LogP contribution in [0.5, 0.6) is 0 Å². The van der Waals surface area contributed by atoms with Gasteiger partial charge in [0.1, 0.15) is 0 Å². The van der Waals surface area contributed by atoms with Gasteiger partial charge in [0.05, 0.1) is 0 Å². The van der Waals surface area contributed by atoms with Crippen molar-refractivity contribution in [3.05, 3.63) is 155 Å². The van der Waals surface area contributed by atoms with Crippen LogP contribution in [0.4, 0.5) is 0 Å². The standard InChI is InChI=1S/C13H10.2C9H7.2ClH.Ti/c1-3-7-12(8-4-1)11-13-9-5-2-6-10-13;2*1-2-5-9-7-3-6-8(9)4-1;;;/h1-10H;2*1-7H;2*1H;/q;;;;;+2/p-2. The summed E-state index contributed by atoms with van der Waals surface area (Å²) in [4.78, 5) is 0. The van der Waals surface area contributed by atoms with Crippen LogP contribution in [0.15, 0.2) is 121 Å². The van der Waals surface area contributed by atoms with Gasteiger partial charge in [-0.25, -0.2) is 0 Å². The van der Waals surface area contributed by atoms with Gasteiger partial charge in [-0.3, -0.25) is 0 Å². The number of hydrogen-bond donors (Lipinski definition) is 0.